The normalized spacial score (nSPS) is 12.4. The molecule has 2 aromatic rings. The minimum absolute atomic E-state index is 0.0932. The van der Waals surface area contributed by atoms with Crippen molar-refractivity contribution in [1.29, 1.82) is 0 Å². The van der Waals surface area contributed by atoms with E-state index in [2.05, 4.69) is 4.98 Å². The van der Waals surface area contributed by atoms with Crippen LogP contribution in [0.3, 0.4) is 0 Å². The van der Waals surface area contributed by atoms with Crippen molar-refractivity contribution >= 4 is 16.8 Å². The molecule has 1 atom stereocenters. The molecule has 0 radical (unpaired) electrons. The largest absolute Gasteiger partial charge is 0.347 e. The summed E-state index contributed by atoms with van der Waals surface area (Å²) < 4.78 is 1.44. The maximum atomic E-state index is 12.6. The van der Waals surface area contributed by atoms with Crippen molar-refractivity contribution in [2.24, 2.45) is 0 Å². The van der Waals surface area contributed by atoms with Crippen LogP contribution in [-0.2, 0) is 4.79 Å². The number of aryl methyl sites for hydroxylation is 1. The maximum absolute atomic E-state index is 12.6. The number of hydrogen-bond acceptors (Lipinski definition) is 3. The third kappa shape index (κ3) is 2.31. The zero-order chi connectivity index (χ0) is 14.9. The summed E-state index contributed by atoms with van der Waals surface area (Å²) in [4.78, 5) is 30.6. The number of amides is 1. The zero-order valence-corrected chi connectivity index (χ0v) is 12.3. The molecule has 0 fully saturated rings. The van der Waals surface area contributed by atoms with Crippen molar-refractivity contribution in [2.45, 2.75) is 26.3 Å². The SMILES string of the molecule is CCC(C(=O)N(C)C)n1cnc2cccc(C)c2c1=O. The number of likely N-dealkylation sites (N-methyl/N-ethyl adjacent to an activating group) is 1. The minimum Gasteiger partial charge on any atom is -0.347 e. The molecule has 0 saturated heterocycles. The van der Waals surface area contributed by atoms with Crippen molar-refractivity contribution in [3.8, 4) is 0 Å². The van der Waals surface area contributed by atoms with E-state index < -0.39 is 6.04 Å². The summed E-state index contributed by atoms with van der Waals surface area (Å²) in [7, 11) is 3.38. The van der Waals surface area contributed by atoms with Crippen LogP contribution in [0.2, 0.25) is 0 Å². The van der Waals surface area contributed by atoms with E-state index in [4.69, 9.17) is 0 Å². The van der Waals surface area contributed by atoms with E-state index >= 15 is 0 Å². The van der Waals surface area contributed by atoms with Crippen LogP contribution in [0.4, 0.5) is 0 Å². The Balaban J connectivity index is 2.66. The van der Waals surface area contributed by atoms with Crippen LogP contribution in [0.5, 0.6) is 0 Å². The number of aromatic nitrogens is 2. The van der Waals surface area contributed by atoms with Gasteiger partial charge in [-0.2, -0.15) is 0 Å². The summed E-state index contributed by atoms with van der Waals surface area (Å²) in [5.74, 6) is -0.0932. The van der Waals surface area contributed by atoms with Gasteiger partial charge in [0, 0.05) is 14.1 Å². The third-order valence-electron chi connectivity index (χ3n) is 3.47. The lowest BCUT2D eigenvalue weighted by Gasteiger charge is -2.21. The summed E-state index contributed by atoms with van der Waals surface area (Å²) >= 11 is 0. The van der Waals surface area contributed by atoms with Crippen molar-refractivity contribution in [1.82, 2.24) is 14.5 Å². The smallest absolute Gasteiger partial charge is 0.262 e. The van der Waals surface area contributed by atoms with Crippen LogP contribution in [0.25, 0.3) is 10.9 Å². The highest BCUT2D eigenvalue weighted by atomic mass is 16.2. The Morgan fingerprint density at radius 1 is 1.40 bits per heavy atom. The Morgan fingerprint density at radius 3 is 2.70 bits per heavy atom. The summed E-state index contributed by atoms with van der Waals surface area (Å²) in [5.41, 5.74) is 1.38. The molecule has 5 heteroatoms. The van der Waals surface area contributed by atoms with E-state index in [9.17, 15) is 9.59 Å². The van der Waals surface area contributed by atoms with Gasteiger partial charge < -0.3 is 4.90 Å². The standard InChI is InChI=1S/C15H19N3O2/c1-5-12(14(19)17(3)4)18-9-16-11-8-6-7-10(2)13(11)15(18)20/h6-9,12H,5H2,1-4H3. The summed E-state index contributed by atoms with van der Waals surface area (Å²) in [5, 5.41) is 0.583. The molecule has 1 aromatic heterocycles. The van der Waals surface area contributed by atoms with Crippen LogP contribution in [-0.4, -0.2) is 34.5 Å². The molecule has 0 aliphatic heterocycles. The first-order valence-electron chi connectivity index (χ1n) is 6.65. The van der Waals surface area contributed by atoms with E-state index in [-0.39, 0.29) is 11.5 Å². The maximum Gasteiger partial charge on any atom is 0.262 e. The summed E-state index contributed by atoms with van der Waals surface area (Å²) in [6.45, 7) is 3.77. The third-order valence-corrected chi connectivity index (χ3v) is 3.47. The summed E-state index contributed by atoms with van der Waals surface area (Å²) in [6, 6.07) is 5.05. The van der Waals surface area contributed by atoms with Crippen molar-refractivity contribution < 1.29 is 4.79 Å². The second kappa shape index (κ2) is 5.45. The second-order valence-electron chi connectivity index (χ2n) is 5.08. The lowest BCUT2D eigenvalue weighted by Crippen LogP contribution is -2.36. The van der Waals surface area contributed by atoms with Gasteiger partial charge in [-0.15, -0.1) is 0 Å². The minimum atomic E-state index is -0.506. The van der Waals surface area contributed by atoms with Gasteiger partial charge in [-0.3, -0.25) is 14.2 Å². The number of fused-ring (bicyclic) bond motifs is 1. The average Bonchev–Trinajstić information content (AvgIpc) is 2.41. The fourth-order valence-corrected chi connectivity index (χ4v) is 2.35. The first-order valence-corrected chi connectivity index (χ1v) is 6.65. The average molecular weight is 273 g/mol. The van der Waals surface area contributed by atoms with Gasteiger partial charge in [0.1, 0.15) is 6.04 Å². The predicted octanol–water partition coefficient (Wildman–Crippen LogP) is 1.74. The van der Waals surface area contributed by atoms with Crippen molar-refractivity contribution in [3.63, 3.8) is 0 Å². The molecule has 0 saturated carbocycles. The van der Waals surface area contributed by atoms with Gasteiger partial charge in [-0.25, -0.2) is 4.98 Å². The molecule has 0 bridgehead atoms. The van der Waals surface area contributed by atoms with Gasteiger partial charge in [0.05, 0.1) is 17.2 Å². The highest BCUT2D eigenvalue weighted by Crippen LogP contribution is 2.15. The lowest BCUT2D eigenvalue weighted by molar-refractivity contribution is -0.132. The molecular formula is C15H19N3O2. The van der Waals surface area contributed by atoms with E-state index in [1.165, 1.54) is 15.8 Å². The molecule has 1 heterocycles. The number of carbonyl (C=O) groups is 1. The fourth-order valence-electron chi connectivity index (χ4n) is 2.35. The number of benzene rings is 1. The van der Waals surface area contributed by atoms with E-state index in [1.54, 1.807) is 14.1 Å². The molecule has 2 rings (SSSR count). The van der Waals surface area contributed by atoms with Crippen LogP contribution >= 0.6 is 0 Å². The fraction of sp³-hybridized carbons (Fsp3) is 0.400. The molecule has 0 aliphatic rings. The molecular weight excluding hydrogens is 254 g/mol. The Morgan fingerprint density at radius 2 is 2.10 bits per heavy atom. The van der Waals surface area contributed by atoms with Crippen molar-refractivity contribution in [3.05, 3.63) is 40.4 Å². The van der Waals surface area contributed by atoms with E-state index in [0.29, 0.717) is 17.3 Å². The Bertz CT molecular complexity index is 704. The second-order valence-corrected chi connectivity index (χ2v) is 5.08. The Labute approximate surface area is 117 Å². The zero-order valence-electron chi connectivity index (χ0n) is 12.3. The lowest BCUT2D eigenvalue weighted by atomic mass is 10.1. The number of hydrogen-bond donors (Lipinski definition) is 0. The highest BCUT2D eigenvalue weighted by molar-refractivity contribution is 5.83. The van der Waals surface area contributed by atoms with Gasteiger partial charge >= 0.3 is 0 Å². The van der Waals surface area contributed by atoms with Crippen LogP contribution in [0.1, 0.15) is 24.9 Å². The molecule has 0 N–H and O–H groups in total. The number of nitrogens with zero attached hydrogens (tertiary/aromatic N) is 3. The molecule has 20 heavy (non-hydrogen) atoms. The van der Waals surface area contributed by atoms with Gasteiger partial charge in [-0.05, 0) is 25.0 Å². The molecule has 1 amide bonds. The molecule has 106 valence electrons. The van der Waals surface area contributed by atoms with Crippen LogP contribution < -0.4 is 5.56 Å². The molecule has 0 spiro atoms. The van der Waals surface area contributed by atoms with Gasteiger partial charge in [0.2, 0.25) is 5.91 Å². The van der Waals surface area contributed by atoms with Crippen LogP contribution in [0.15, 0.2) is 29.3 Å². The topological polar surface area (TPSA) is 55.2 Å². The van der Waals surface area contributed by atoms with E-state index in [0.717, 1.165) is 5.56 Å². The van der Waals surface area contributed by atoms with Gasteiger partial charge in [0.15, 0.2) is 0 Å². The number of carbonyl (C=O) groups excluding carboxylic acids is 1. The van der Waals surface area contributed by atoms with Gasteiger partial charge in [0.25, 0.3) is 5.56 Å². The predicted molar refractivity (Wildman–Crippen MR) is 78.8 cm³/mol. The first kappa shape index (κ1) is 14.2. The molecule has 0 aliphatic carbocycles. The highest BCUT2D eigenvalue weighted by Gasteiger charge is 2.22. The van der Waals surface area contributed by atoms with Crippen molar-refractivity contribution in [2.75, 3.05) is 14.1 Å². The first-order chi connectivity index (χ1) is 9.47. The van der Waals surface area contributed by atoms with Gasteiger partial charge in [-0.1, -0.05) is 19.1 Å². The Hall–Kier alpha value is -2.17. The van der Waals surface area contributed by atoms with Crippen LogP contribution in [0, 0.1) is 6.92 Å². The quantitative estimate of drug-likeness (QED) is 0.856. The summed E-state index contributed by atoms with van der Waals surface area (Å²) in [6.07, 6.45) is 2.02. The molecule has 1 aromatic carbocycles. The monoisotopic (exact) mass is 273 g/mol. The Kier molecular flexibility index (Phi) is 3.88. The molecule has 5 nitrogen and oxygen atoms in total. The molecule has 1 unspecified atom stereocenters. The number of rotatable bonds is 3. The van der Waals surface area contributed by atoms with E-state index in [1.807, 2.05) is 32.0 Å².